The molecule has 1 unspecified atom stereocenters. The van der Waals surface area contributed by atoms with E-state index in [-0.39, 0.29) is 6.10 Å². The Labute approximate surface area is 155 Å². The SMILES string of the molecule is C[CH]CCC(Oc1cccc2ccccc12)c1cccc2ccccc12. The molecule has 0 bridgehead atoms. The molecule has 4 aromatic rings. The third kappa shape index (κ3) is 3.30. The van der Waals surface area contributed by atoms with Crippen molar-refractivity contribution in [1.82, 2.24) is 0 Å². The predicted octanol–water partition coefficient (Wildman–Crippen LogP) is 7.12. The van der Waals surface area contributed by atoms with Gasteiger partial charge in [0, 0.05) is 10.9 Å². The minimum atomic E-state index is 0.0307. The van der Waals surface area contributed by atoms with E-state index in [0.717, 1.165) is 18.6 Å². The molecule has 0 aliphatic heterocycles. The summed E-state index contributed by atoms with van der Waals surface area (Å²) in [6.07, 6.45) is 4.24. The molecule has 0 N–H and O–H groups in total. The van der Waals surface area contributed by atoms with E-state index in [4.69, 9.17) is 4.74 Å². The molecule has 4 aromatic carbocycles. The van der Waals surface area contributed by atoms with E-state index in [1.54, 1.807) is 0 Å². The van der Waals surface area contributed by atoms with E-state index >= 15 is 0 Å². The summed E-state index contributed by atoms with van der Waals surface area (Å²) in [5.41, 5.74) is 1.26. The Balaban J connectivity index is 1.77. The zero-order valence-electron chi connectivity index (χ0n) is 15.1. The Morgan fingerprint density at radius 3 is 2.12 bits per heavy atom. The molecular weight excluding hydrogens is 316 g/mol. The van der Waals surface area contributed by atoms with Crippen molar-refractivity contribution >= 4 is 21.5 Å². The molecule has 0 amide bonds. The zero-order valence-corrected chi connectivity index (χ0v) is 15.1. The number of ether oxygens (including phenoxy) is 1. The molecule has 1 radical (unpaired) electrons. The number of benzene rings is 4. The molecule has 1 heteroatoms. The normalized spacial score (nSPS) is 12.3. The molecule has 0 aliphatic rings. The second-order valence-electron chi connectivity index (χ2n) is 6.64. The van der Waals surface area contributed by atoms with Crippen LogP contribution in [0.1, 0.15) is 31.4 Å². The van der Waals surface area contributed by atoms with Crippen molar-refractivity contribution in [3.63, 3.8) is 0 Å². The fourth-order valence-corrected chi connectivity index (χ4v) is 3.58. The Hall–Kier alpha value is -2.80. The maximum atomic E-state index is 6.60. The fraction of sp³-hybridized carbons (Fsp3) is 0.160. The molecule has 4 rings (SSSR count). The lowest BCUT2D eigenvalue weighted by molar-refractivity contribution is 0.199. The summed E-state index contributed by atoms with van der Waals surface area (Å²) in [6, 6.07) is 29.8. The largest absolute Gasteiger partial charge is 0.485 e. The van der Waals surface area contributed by atoms with Gasteiger partial charge in [0.25, 0.3) is 0 Å². The number of unbranched alkanes of at least 4 members (excludes halogenated alkanes) is 1. The van der Waals surface area contributed by atoms with E-state index in [2.05, 4.69) is 98.3 Å². The molecule has 0 fully saturated rings. The summed E-state index contributed by atoms with van der Waals surface area (Å²) < 4.78 is 6.60. The first kappa shape index (κ1) is 16.7. The minimum Gasteiger partial charge on any atom is -0.485 e. The quantitative estimate of drug-likeness (QED) is 0.363. The Morgan fingerprint density at radius 2 is 1.35 bits per heavy atom. The predicted molar refractivity (Wildman–Crippen MR) is 110 cm³/mol. The summed E-state index contributed by atoms with van der Waals surface area (Å²) in [6.45, 7) is 2.11. The maximum Gasteiger partial charge on any atom is 0.128 e. The van der Waals surface area contributed by atoms with Gasteiger partial charge in [-0.2, -0.15) is 0 Å². The van der Waals surface area contributed by atoms with Gasteiger partial charge in [-0.1, -0.05) is 85.8 Å². The third-order valence-corrected chi connectivity index (χ3v) is 4.91. The topological polar surface area (TPSA) is 9.23 Å². The van der Waals surface area contributed by atoms with Crippen LogP contribution in [0, 0.1) is 6.42 Å². The van der Waals surface area contributed by atoms with Gasteiger partial charge in [0.1, 0.15) is 11.9 Å². The average molecular weight is 339 g/mol. The average Bonchev–Trinajstić information content (AvgIpc) is 2.71. The summed E-state index contributed by atoms with van der Waals surface area (Å²) in [5.74, 6) is 0.956. The molecule has 1 nitrogen and oxygen atoms in total. The first-order valence-electron chi connectivity index (χ1n) is 9.27. The van der Waals surface area contributed by atoms with Gasteiger partial charge in [-0.05, 0) is 41.5 Å². The van der Waals surface area contributed by atoms with Gasteiger partial charge in [0.2, 0.25) is 0 Å². The summed E-state index contributed by atoms with van der Waals surface area (Å²) in [4.78, 5) is 0. The lowest BCUT2D eigenvalue weighted by atomic mass is 9.97. The smallest absolute Gasteiger partial charge is 0.128 e. The molecular formula is C25H23O. The maximum absolute atomic E-state index is 6.60. The van der Waals surface area contributed by atoms with Gasteiger partial charge in [-0.3, -0.25) is 0 Å². The van der Waals surface area contributed by atoms with Crippen molar-refractivity contribution in [3.05, 3.63) is 96.9 Å². The molecule has 26 heavy (non-hydrogen) atoms. The van der Waals surface area contributed by atoms with Gasteiger partial charge < -0.3 is 4.74 Å². The highest BCUT2D eigenvalue weighted by molar-refractivity contribution is 5.89. The fourth-order valence-electron chi connectivity index (χ4n) is 3.58. The summed E-state index contributed by atoms with van der Waals surface area (Å²) >= 11 is 0. The second-order valence-corrected chi connectivity index (χ2v) is 6.64. The van der Waals surface area contributed by atoms with Crippen molar-refractivity contribution in [2.45, 2.75) is 25.9 Å². The Kier molecular flexibility index (Phi) is 4.88. The molecule has 0 saturated heterocycles. The van der Waals surface area contributed by atoms with Crippen molar-refractivity contribution < 1.29 is 4.74 Å². The highest BCUT2D eigenvalue weighted by Gasteiger charge is 2.17. The number of hydrogen-bond donors (Lipinski definition) is 0. The minimum absolute atomic E-state index is 0.0307. The van der Waals surface area contributed by atoms with E-state index in [1.165, 1.54) is 27.1 Å². The lowest BCUT2D eigenvalue weighted by Crippen LogP contribution is -2.09. The Bertz CT molecular complexity index is 1010. The first-order chi connectivity index (χ1) is 12.9. The van der Waals surface area contributed by atoms with Crippen LogP contribution in [0.4, 0.5) is 0 Å². The van der Waals surface area contributed by atoms with Crippen molar-refractivity contribution in [3.8, 4) is 5.75 Å². The van der Waals surface area contributed by atoms with E-state index in [1.807, 2.05) is 0 Å². The summed E-state index contributed by atoms with van der Waals surface area (Å²) in [7, 11) is 0. The van der Waals surface area contributed by atoms with Crippen LogP contribution in [0.25, 0.3) is 21.5 Å². The molecule has 0 spiro atoms. The molecule has 129 valence electrons. The van der Waals surface area contributed by atoms with Crippen molar-refractivity contribution in [2.75, 3.05) is 0 Å². The van der Waals surface area contributed by atoms with Gasteiger partial charge in [0.05, 0.1) is 0 Å². The molecule has 0 saturated carbocycles. The van der Waals surface area contributed by atoms with Crippen LogP contribution in [0.15, 0.2) is 84.9 Å². The summed E-state index contributed by atoms with van der Waals surface area (Å²) in [5, 5.41) is 4.91. The van der Waals surface area contributed by atoms with Crippen LogP contribution < -0.4 is 4.74 Å². The molecule has 1 atom stereocenters. The van der Waals surface area contributed by atoms with Crippen molar-refractivity contribution in [1.29, 1.82) is 0 Å². The van der Waals surface area contributed by atoms with Crippen LogP contribution in [0.2, 0.25) is 0 Å². The standard InChI is InChI=1S/C25H23O/c1-2-3-17-25(23-16-8-12-19-10-4-6-14-21(19)23)26-24-18-9-13-20-11-5-7-15-22(20)24/h2,4-16,18,25H,3,17H2,1H3. The van der Waals surface area contributed by atoms with Gasteiger partial charge >= 0.3 is 0 Å². The highest BCUT2D eigenvalue weighted by Crippen LogP contribution is 2.34. The Morgan fingerprint density at radius 1 is 0.731 bits per heavy atom. The van der Waals surface area contributed by atoms with E-state index in [9.17, 15) is 0 Å². The molecule has 0 heterocycles. The van der Waals surface area contributed by atoms with E-state index < -0.39 is 0 Å². The number of hydrogen-bond acceptors (Lipinski definition) is 1. The number of fused-ring (bicyclic) bond motifs is 2. The second kappa shape index (κ2) is 7.61. The van der Waals surface area contributed by atoms with Crippen LogP contribution >= 0.6 is 0 Å². The number of rotatable bonds is 6. The highest BCUT2D eigenvalue weighted by atomic mass is 16.5. The van der Waals surface area contributed by atoms with Crippen LogP contribution in [0.5, 0.6) is 5.75 Å². The van der Waals surface area contributed by atoms with Gasteiger partial charge in [-0.15, -0.1) is 0 Å². The lowest BCUT2D eigenvalue weighted by Gasteiger charge is -2.22. The van der Waals surface area contributed by atoms with Crippen LogP contribution in [-0.2, 0) is 0 Å². The zero-order chi connectivity index (χ0) is 17.8. The third-order valence-electron chi connectivity index (χ3n) is 4.91. The van der Waals surface area contributed by atoms with Crippen LogP contribution in [-0.4, -0.2) is 0 Å². The molecule has 0 aromatic heterocycles. The van der Waals surface area contributed by atoms with Gasteiger partial charge in [0.15, 0.2) is 0 Å². The molecule has 0 aliphatic carbocycles. The monoisotopic (exact) mass is 339 g/mol. The van der Waals surface area contributed by atoms with Crippen molar-refractivity contribution in [2.24, 2.45) is 0 Å². The van der Waals surface area contributed by atoms with Crippen LogP contribution in [0.3, 0.4) is 0 Å². The van der Waals surface area contributed by atoms with E-state index in [0.29, 0.717) is 0 Å². The van der Waals surface area contributed by atoms with Gasteiger partial charge in [-0.25, -0.2) is 0 Å². The first-order valence-corrected chi connectivity index (χ1v) is 9.27.